The first-order chi connectivity index (χ1) is 10.1. The van der Waals surface area contributed by atoms with E-state index in [1.54, 1.807) is 6.20 Å². The number of aromatic carboxylic acids is 1. The van der Waals surface area contributed by atoms with Crippen LogP contribution in [0.2, 0.25) is 0 Å². The molecule has 3 rings (SSSR count). The summed E-state index contributed by atoms with van der Waals surface area (Å²) in [4.78, 5) is 15.2. The third kappa shape index (κ3) is 2.62. The van der Waals surface area contributed by atoms with Crippen LogP contribution >= 0.6 is 0 Å². The highest BCUT2D eigenvalue weighted by Gasteiger charge is 2.14. The van der Waals surface area contributed by atoms with Crippen LogP contribution in [0.3, 0.4) is 0 Å². The molecule has 106 valence electrons. The summed E-state index contributed by atoms with van der Waals surface area (Å²) in [5.41, 5.74) is 7.52. The van der Waals surface area contributed by atoms with Crippen LogP contribution in [0.1, 0.15) is 15.9 Å². The molecular weight excluding hydrogens is 270 g/mol. The van der Waals surface area contributed by atoms with Gasteiger partial charge in [-0.15, -0.1) is 5.10 Å². The third-order valence-electron chi connectivity index (χ3n) is 3.02. The Morgan fingerprint density at radius 2 is 2.10 bits per heavy atom. The molecule has 2 aromatic heterocycles. The number of fused-ring (bicyclic) bond motifs is 1. The fourth-order valence-corrected chi connectivity index (χ4v) is 2.06. The molecule has 0 bridgehead atoms. The average molecular weight is 283 g/mol. The number of hydrogen-bond acceptors (Lipinski definition) is 5. The highest BCUT2D eigenvalue weighted by Crippen LogP contribution is 2.17. The molecule has 0 saturated heterocycles. The maximum atomic E-state index is 11.3. The number of hydrogen-bond donors (Lipinski definition) is 3. The van der Waals surface area contributed by atoms with E-state index in [9.17, 15) is 9.90 Å². The topological polar surface area (TPSA) is 106 Å². The fraction of sp³-hybridized carbons (Fsp3) is 0.0714. The third-order valence-corrected chi connectivity index (χ3v) is 3.02. The van der Waals surface area contributed by atoms with Crippen LogP contribution in [-0.4, -0.2) is 25.7 Å². The lowest BCUT2D eigenvalue weighted by Gasteiger charge is -2.08. The van der Waals surface area contributed by atoms with Gasteiger partial charge < -0.3 is 16.2 Å². The van der Waals surface area contributed by atoms with Crippen molar-refractivity contribution in [3.05, 3.63) is 53.7 Å². The Morgan fingerprint density at radius 1 is 1.33 bits per heavy atom. The molecular formula is C14H13N5O2. The Balaban J connectivity index is 1.93. The number of nitrogen functional groups attached to an aromatic ring is 1. The van der Waals surface area contributed by atoms with E-state index in [1.807, 2.05) is 30.3 Å². The molecule has 7 heteroatoms. The lowest BCUT2D eigenvalue weighted by atomic mass is 10.2. The number of rotatable bonds is 4. The number of benzene rings is 1. The number of nitrogens with one attached hydrogen (secondary N) is 1. The zero-order valence-electron chi connectivity index (χ0n) is 11.0. The summed E-state index contributed by atoms with van der Waals surface area (Å²) in [6.45, 7) is 0.579. The van der Waals surface area contributed by atoms with Crippen molar-refractivity contribution < 1.29 is 9.90 Å². The molecule has 0 aliphatic heterocycles. The van der Waals surface area contributed by atoms with Crippen molar-refractivity contribution >= 4 is 23.3 Å². The second-order valence-corrected chi connectivity index (χ2v) is 4.52. The van der Waals surface area contributed by atoms with Crippen LogP contribution in [0, 0.1) is 0 Å². The second-order valence-electron chi connectivity index (χ2n) is 4.52. The van der Waals surface area contributed by atoms with Gasteiger partial charge in [0.15, 0.2) is 5.65 Å². The molecule has 0 atom stereocenters. The molecule has 4 N–H and O–H groups in total. The van der Waals surface area contributed by atoms with Gasteiger partial charge in [0.2, 0.25) is 5.95 Å². The van der Waals surface area contributed by atoms with Gasteiger partial charge in [0, 0.05) is 6.54 Å². The minimum Gasteiger partial charge on any atom is -0.478 e. The summed E-state index contributed by atoms with van der Waals surface area (Å²) in [6.07, 6.45) is 1.66. The number of anilines is 2. The quantitative estimate of drug-likeness (QED) is 0.672. The standard InChI is InChI=1S/C14H13N5O2/c15-14-17-12-11(13(20)21)6-10(8-19(12)18-14)16-7-9-4-2-1-3-5-9/h1-6,8,16H,7H2,(H2,15,18)(H,20,21). The summed E-state index contributed by atoms with van der Waals surface area (Å²) in [7, 11) is 0. The largest absolute Gasteiger partial charge is 0.478 e. The van der Waals surface area contributed by atoms with Crippen molar-refractivity contribution in [3.63, 3.8) is 0 Å². The summed E-state index contributed by atoms with van der Waals surface area (Å²) in [5.74, 6) is -1.03. The van der Waals surface area contributed by atoms with Gasteiger partial charge in [0.05, 0.1) is 11.9 Å². The molecule has 0 saturated carbocycles. The molecule has 0 radical (unpaired) electrons. The van der Waals surface area contributed by atoms with Gasteiger partial charge >= 0.3 is 5.97 Å². The first-order valence-electron chi connectivity index (χ1n) is 6.30. The Kier molecular flexibility index (Phi) is 3.15. The summed E-state index contributed by atoms with van der Waals surface area (Å²) in [6, 6.07) is 11.3. The van der Waals surface area contributed by atoms with Crippen LogP contribution in [0.15, 0.2) is 42.6 Å². The number of aromatic nitrogens is 3. The van der Waals surface area contributed by atoms with E-state index in [0.29, 0.717) is 12.2 Å². The van der Waals surface area contributed by atoms with Crippen LogP contribution in [0.4, 0.5) is 11.6 Å². The minimum absolute atomic E-state index is 0.0395. The predicted molar refractivity (Wildman–Crippen MR) is 78.1 cm³/mol. The van der Waals surface area contributed by atoms with E-state index in [1.165, 1.54) is 10.6 Å². The molecule has 1 aromatic carbocycles. The van der Waals surface area contributed by atoms with Crippen molar-refractivity contribution in [1.29, 1.82) is 0 Å². The number of carboxylic acids is 1. The normalized spacial score (nSPS) is 10.7. The van der Waals surface area contributed by atoms with Gasteiger partial charge in [-0.1, -0.05) is 30.3 Å². The van der Waals surface area contributed by atoms with Gasteiger partial charge in [-0.25, -0.2) is 9.31 Å². The summed E-state index contributed by atoms with van der Waals surface area (Å²) in [5, 5.41) is 16.4. The number of pyridine rings is 1. The van der Waals surface area contributed by atoms with Crippen LogP contribution < -0.4 is 11.1 Å². The Bertz CT molecular complexity index is 798. The van der Waals surface area contributed by atoms with E-state index in [2.05, 4.69) is 15.4 Å². The lowest BCUT2D eigenvalue weighted by Crippen LogP contribution is -2.06. The van der Waals surface area contributed by atoms with Gasteiger partial charge in [-0.3, -0.25) is 0 Å². The number of nitrogens with zero attached hydrogens (tertiary/aromatic N) is 3. The molecule has 2 heterocycles. The predicted octanol–water partition coefficient (Wildman–Crippen LogP) is 1.62. The summed E-state index contributed by atoms with van der Waals surface area (Å²) < 4.78 is 1.37. The van der Waals surface area contributed by atoms with Crippen molar-refractivity contribution in [1.82, 2.24) is 14.6 Å². The summed E-state index contributed by atoms with van der Waals surface area (Å²) >= 11 is 0. The van der Waals surface area contributed by atoms with Gasteiger partial charge in [0.1, 0.15) is 5.56 Å². The Morgan fingerprint density at radius 3 is 2.81 bits per heavy atom. The number of carbonyl (C=O) groups is 1. The van der Waals surface area contributed by atoms with Gasteiger partial charge in [-0.05, 0) is 11.6 Å². The monoisotopic (exact) mass is 283 g/mol. The first kappa shape index (κ1) is 12.9. The van der Waals surface area contributed by atoms with E-state index in [4.69, 9.17) is 5.73 Å². The zero-order chi connectivity index (χ0) is 14.8. The molecule has 21 heavy (non-hydrogen) atoms. The van der Waals surface area contributed by atoms with E-state index in [-0.39, 0.29) is 17.2 Å². The molecule has 0 aliphatic carbocycles. The van der Waals surface area contributed by atoms with Crippen molar-refractivity contribution in [2.45, 2.75) is 6.54 Å². The highest BCUT2D eigenvalue weighted by molar-refractivity contribution is 5.95. The maximum absolute atomic E-state index is 11.3. The Hall–Kier alpha value is -3.09. The van der Waals surface area contributed by atoms with Gasteiger partial charge in [0.25, 0.3) is 0 Å². The lowest BCUT2D eigenvalue weighted by molar-refractivity contribution is 0.0698. The molecule has 0 unspecified atom stereocenters. The van der Waals surface area contributed by atoms with E-state index < -0.39 is 5.97 Å². The smallest absolute Gasteiger partial charge is 0.339 e. The van der Waals surface area contributed by atoms with Crippen LogP contribution in [-0.2, 0) is 6.54 Å². The SMILES string of the molecule is Nc1nc2c(C(=O)O)cc(NCc3ccccc3)cn2n1. The molecule has 0 fully saturated rings. The minimum atomic E-state index is -1.07. The second kappa shape index (κ2) is 5.12. The molecule has 0 spiro atoms. The first-order valence-corrected chi connectivity index (χ1v) is 6.30. The fourth-order valence-electron chi connectivity index (χ4n) is 2.06. The molecule has 0 aliphatic rings. The van der Waals surface area contributed by atoms with Crippen molar-refractivity contribution in [3.8, 4) is 0 Å². The zero-order valence-corrected chi connectivity index (χ0v) is 11.0. The Labute approximate surface area is 120 Å². The van der Waals surface area contributed by atoms with Crippen LogP contribution in [0.5, 0.6) is 0 Å². The molecule has 3 aromatic rings. The average Bonchev–Trinajstić information content (AvgIpc) is 2.85. The van der Waals surface area contributed by atoms with Crippen molar-refractivity contribution in [2.75, 3.05) is 11.1 Å². The molecule has 0 amide bonds. The number of nitrogens with two attached hydrogens (primary N) is 1. The van der Waals surface area contributed by atoms with Gasteiger partial charge in [-0.2, -0.15) is 4.98 Å². The van der Waals surface area contributed by atoms with Crippen molar-refractivity contribution in [2.24, 2.45) is 0 Å². The van der Waals surface area contributed by atoms with Crippen LogP contribution in [0.25, 0.3) is 5.65 Å². The van der Waals surface area contributed by atoms with E-state index in [0.717, 1.165) is 5.56 Å². The highest BCUT2D eigenvalue weighted by atomic mass is 16.4. The molecule has 7 nitrogen and oxygen atoms in total. The van der Waals surface area contributed by atoms with E-state index >= 15 is 0 Å². The number of carboxylic acid groups (broad SMARTS) is 1. The maximum Gasteiger partial charge on any atom is 0.339 e.